The molecule has 6 heteroatoms. The highest BCUT2D eigenvalue weighted by Crippen LogP contribution is 2.22. The molecule has 1 aromatic rings. The minimum Gasteiger partial charge on any atom is -0.478 e. The van der Waals surface area contributed by atoms with Gasteiger partial charge >= 0.3 is 11.9 Å². The van der Waals surface area contributed by atoms with Gasteiger partial charge in [0.25, 0.3) is 5.72 Å². The summed E-state index contributed by atoms with van der Waals surface area (Å²) in [5.74, 6) is -1.58. The lowest BCUT2D eigenvalue weighted by molar-refractivity contribution is -0.174. The van der Waals surface area contributed by atoms with Crippen LogP contribution in [0.4, 0.5) is 0 Å². The van der Waals surface area contributed by atoms with Crippen LogP contribution in [0.15, 0.2) is 24.3 Å². The topological polar surface area (TPSA) is 98.9 Å². The standard InChI is InChI=1S/C15H21NO5/c1-5-15(16,13(19)21-14(2,3)4)20-11-8-6-7-10(9-11)12(17)18/h6-9H,5,16H2,1-4H3,(H,17,18). The van der Waals surface area contributed by atoms with Crippen molar-refractivity contribution in [2.45, 2.75) is 45.4 Å². The highest BCUT2D eigenvalue weighted by Gasteiger charge is 2.39. The third-order valence-corrected chi connectivity index (χ3v) is 2.65. The monoisotopic (exact) mass is 295 g/mol. The number of esters is 1. The van der Waals surface area contributed by atoms with Crippen LogP contribution in [-0.2, 0) is 9.53 Å². The number of hydrogen-bond donors (Lipinski definition) is 2. The Morgan fingerprint density at radius 3 is 2.38 bits per heavy atom. The SMILES string of the molecule is CCC(N)(Oc1cccc(C(=O)O)c1)C(=O)OC(C)(C)C. The first kappa shape index (κ1) is 17.0. The summed E-state index contributed by atoms with van der Waals surface area (Å²) in [5, 5.41) is 8.95. The average Bonchev–Trinajstić information content (AvgIpc) is 2.36. The van der Waals surface area contributed by atoms with Crippen molar-refractivity contribution in [1.29, 1.82) is 0 Å². The summed E-state index contributed by atoms with van der Waals surface area (Å²) in [4.78, 5) is 23.1. The molecule has 21 heavy (non-hydrogen) atoms. The van der Waals surface area contributed by atoms with E-state index >= 15 is 0 Å². The van der Waals surface area contributed by atoms with Crippen LogP contribution in [0.25, 0.3) is 0 Å². The number of hydrogen-bond acceptors (Lipinski definition) is 5. The van der Waals surface area contributed by atoms with Crippen LogP contribution in [-0.4, -0.2) is 28.4 Å². The molecule has 0 spiro atoms. The van der Waals surface area contributed by atoms with Crippen molar-refractivity contribution in [3.05, 3.63) is 29.8 Å². The second-order valence-electron chi connectivity index (χ2n) is 5.68. The van der Waals surface area contributed by atoms with Crippen LogP contribution in [0.5, 0.6) is 5.75 Å². The fraction of sp³-hybridized carbons (Fsp3) is 0.467. The van der Waals surface area contributed by atoms with Gasteiger partial charge in [0.2, 0.25) is 0 Å². The lowest BCUT2D eigenvalue weighted by Gasteiger charge is -2.30. The molecule has 1 aromatic carbocycles. The maximum Gasteiger partial charge on any atom is 0.366 e. The summed E-state index contributed by atoms with van der Waals surface area (Å²) < 4.78 is 10.7. The van der Waals surface area contributed by atoms with Crippen LogP contribution >= 0.6 is 0 Å². The van der Waals surface area contributed by atoms with E-state index in [1.165, 1.54) is 24.3 Å². The van der Waals surface area contributed by atoms with Gasteiger partial charge in [-0.1, -0.05) is 13.0 Å². The van der Waals surface area contributed by atoms with E-state index in [1.807, 2.05) is 0 Å². The van der Waals surface area contributed by atoms with Crippen molar-refractivity contribution in [1.82, 2.24) is 0 Å². The number of benzene rings is 1. The predicted molar refractivity (Wildman–Crippen MR) is 77.1 cm³/mol. The predicted octanol–water partition coefficient (Wildman–Crippen LogP) is 2.17. The fourth-order valence-electron chi connectivity index (χ4n) is 1.53. The molecule has 116 valence electrons. The minimum absolute atomic E-state index is 0.0511. The first-order valence-corrected chi connectivity index (χ1v) is 6.62. The van der Waals surface area contributed by atoms with Gasteiger partial charge in [-0.3, -0.25) is 5.73 Å². The van der Waals surface area contributed by atoms with Gasteiger partial charge in [-0.25, -0.2) is 9.59 Å². The molecule has 0 aliphatic heterocycles. The van der Waals surface area contributed by atoms with E-state index in [9.17, 15) is 9.59 Å². The van der Waals surface area contributed by atoms with Gasteiger partial charge in [0.15, 0.2) is 0 Å². The number of carbonyl (C=O) groups excluding carboxylic acids is 1. The summed E-state index contributed by atoms with van der Waals surface area (Å²) in [6, 6.07) is 5.79. The summed E-state index contributed by atoms with van der Waals surface area (Å²) >= 11 is 0. The van der Waals surface area contributed by atoms with E-state index in [4.69, 9.17) is 20.3 Å². The van der Waals surface area contributed by atoms with Crippen LogP contribution in [0.2, 0.25) is 0 Å². The van der Waals surface area contributed by atoms with Crippen molar-refractivity contribution in [2.75, 3.05) is 0 Å². The highest BCUT2D eigenvalue weighted by molar-refractivity contribution is 5.88. The maximum absolute atomic E-state index is 12.1. The van der Waals surface area contributed by atoms with Crippen molar-refractivity contribution in [3.63, 3.8) is 0 Å². The van der Waals surface area contributed by atoms with E-state index in [1.54, 1.807) is 27.7 Å². The van der Waals surface area contributed by atoms with Gasteiger partial charge < -0.3 is 14.6 Å². The zero-order chi connectivity index (χ0) is 16.3. The van der Waals surface area contributed by atoms with E-state index in [-0.39, 0.29) is 17.7 Å². The Bertz CT molecular complexity index is 535. The number of rotatable bonds is 5. The molecule has 0 fully saturated rings. The minimum atomic E-state index is -1.66. The van der Waals surface area contributed by atoms with Gasteiger partial charge in [-0.2, -0.15) is 0 Å². The summed E-state index contributed by atoms with van der Waals surface area (Å²) in [7, 11) is 0. The second-order valence-corrected chi connectivity index (χ2v) is 5.68. The molecule has 0 saturated carbocycles. The largest absolute Gasteiger partial charge is 0.478 e. The Kier molecular flexibility index (Phi) is 4.96. The zero-order valence-electron chi connectivity index (χ0n) is 12.7. The molecule has 1 atom stereocenters. The van der Waals surface area contributed by atoms with Crippen molar-refractivity contribution in [2.24, 2.45) is 5.73 Å². The number of nitrogens with two attached hydrogens (primary N) is 1. The number of aromatic carboxylic acids is 1. The molecule has 0 heterocycles. The van der Waals surface area contributed by atoms with E-state index in [2.05, 4.69) is 0 Å². The fourth-order valence-corrected chi connectivity index (χ4v) is 1.53. The molecule has 0 aliphatic rings. The van der Waals surface area contributed by atoms with Crippen LogP contribution in [0.1, 0.15) is 44.5 Å². The Morgan fingerprint density at radius 1 is 1.29 bits per heavy atom. The van der Waals surface area contributed by atoms with Crippen molar-refractivity contribution < 1.29 is 24.2 Å². The molecule has 1 rings (SSSR count). The molecule has 0 aliphatic carbocycles. The molecule has 0 saturated heterocycles. The summed E-state index contributed by atoms with van der Waals surface area (Å²) in [6.45, 7) is 6.87. The first-order valence-electron chi connectivity index (χ1n) is 6.62. The maximum atomic E-state index is 12.1. The summed E-state index contributed by atoms with van der Waals surface area (Å²) in [6.07, 6.45) is 0.180. The molecule has 0 radical (unpaired) electrons. The molecular weight excluding hydrogens is 274 g/mol. The lowest BCUT2D eigenvalue weighted by Crippen LogP contribution is -2.55. The van der Waals surface area contributed by atoms with Crippen molar-refractivity contribution in [3.8, 4) is 5.75 Å². The smallest absolute Gasteiger partial charge is 0.366 e. The van der Waals surface area contributed by atoms with Crippen molar-refractivity contribution >= 4 is 11.9 Å². The number of carboxylic acids is 1. The van der Waals surface area contributed by atoms with Gasteiger partial charge in [0.05, 0.1) is 5.56 Å². The molecular formula is C15H21NO5. The zero-order valence-corrected chi connectivity index (χ0v) is 12.7. The second kappa shape index (κ2) is 6.13. The summed E-state index contributed by atoms with van der Waals surface area (Å²) in [5.41, 5.74) is 3.66. The molecule has 6 nitrogen and oxygen atoms in total. The first-order chi connectivity index (χ1) is 9.57. The third-order valence-electron chi connectivity index (χ3n) is 2.65. The lowest BCUT2D eigenvalue weighted by atomic mass is 10.1. The van der Waals surface area contributed by atoms with Gasteiger partial charge in [-0.15, -0.1) is 0 Å². The molecule has 3 N–H and O–H groups in total. The average molecular weight is 295 g/mol. The third kappa shape index (κ3) is 4.75. The number of carboxylic acid groups (broad SMARTS) is 1. The highest BCUT2D eigenvalue weighted by atomic mass is 16.6. The van der Waals surface area contributed by atoms with E-state index < -0.39 is 23.3 Å². The van der Waals surface area contributed by atoms with E-state index in [0.29, 0.717) is 0 Å². The Morgan fingerprint density at radius 2 is 1.90 bits per heavy atom. The Hall–Kier alpha value is -2.08. The molecule has 0 amide bonds. The Labute approximate surface area is 123 Å². The van der Waals surface area contributed by atoms with Gasteiger partial charge in [-0.05, 0) is 39.0 Å². The Balaban J connectivity index is 2.97. The molecule has 1 unspecified atom stereocenters. The van der Waals surface area contributed by atoms with Crippen LogP contribution in [0, 0.1) is 0 Å². The molecule has 0 bridgehead atoms. The number of ether oxygens (including phenoxy) is 2. The number of carbonyl (C=O) groups is 2. The van der Waals surface area contributed by atoms with Gasteiger partial charge in [0.1, 0.15) is 11.4 Å². The normalized spacial score (nSPS) is 14.1. The quantitative estimate of drug-likeness (QED) is 0.638. The molecule has 0 aromatic heterocycles. The van der Waals surface area contributed by atoms with Crippen LogP contribution < -0.4 is 10.5 Å². The van der Waals surface area contributed by atoms with Crippen LogP contribution in [0.3, 0.4) is 0 Å². The van der Waals surface area contributed by atoms with Gasteiger partial charge in [0, 0.05) is 6.42 Å². The van der Waals surface area contributed by atoms with E-state index in [0.717, 1.165) is 0 Å².